The van der Waals surface area contributed by atoms with E-state index in [-0.39, 0.29) is 23.2 Å². The van der Waals surface area contributed by atoms with Crippen LogP contribution in [0.15, 0.2) is 48.7 Å². The fraction of sp³-hybridized carbons (Fsp3) is 0.406. The number of hydrogen-bond donors (Lipinski definition) is 1. The Morgan fingerprint density at radius 2 is 1.92 bits per heavy atom. The van der Waals surface area contributed by atoms with E-state index in [0.717, 1.165) is 52.8 Å². The Kier molecular flexibility index (Phi) is 6.88. The van der Waals surface area contributed by atoms with E-state index in [1.54, 1.807) is 6.20 Å². The molecular formula is C32H34N2O4. The van der Waals surface area contributed by atoms with Gasteiger partial charge in [-0.2, -0.15) is 5.26 Å². The van der Waals surface area contributed by atoms with Gasteiger partial charge in [0.2, 0.25) is 5.88 Å². The lowest BCUT2D eigenvalue weighted by atomic mass is 9.90. The average Bonchev–Trinajstić information content (AvgIpc) is 3.48. The SMILES string of the molecule is Cc1cc(OCCCC(C)(C)C#N)cc(C)c1-c1cccc(COc2cc3c(cn2)C2C(C3)C2C(=O)O)c1. The number of carbonyl (C=O) groups is 1. The molecular weight excluding hydrogens is 476 g/mol. The molecule has 3 aromatic rings. The van der Waals surface area contributed by atoms with Crippen LogP contribution in [0.25, 0.3) is 11.1 Å². The number of pyridine rings is 1. The molecule has 2 aliphatic carbocycles. The summed E-state index contributed by atoms with van der Waals surface area (Å²) in [6.45, 7) is 9.11. The Balaban J connectivity index is 1.22. The molecule has 1 heterocycles. The van der Waals surface area contributed by atoms with Gasteiger partial charge in [0, 0.05) is 18.2 Å². The molecule has 38 heavy (non-hydrogen) atoms. The molecule has 196 valence electrons. The maximum absolute atomic E-state index is 11.3. The lowest BCUT2D eigenvalue weighted by Gasteiger charge is -2.17. The molecule has 6 heteroatoms. The molecule has 3 atom stereocenters. The minimum absolute atomic E-state index is 0.125. The summed E-state index contributed by atoms with van der Waals surface area (Å²) in [5, 5.41) is 18.5. The van der Waals surface area contributed by atoms with Crippen LogP contribution in [0.2, 0.25) is 0 Å². The number of aryl methyl sites for hydroxylation is 2. The minimum atomic E-state index is -0.699. The molecule has 0 spiro atoms. The van der Waals surface area contributed by atoms with Gasteiger partial charge >= 0.3 is 5.97 Å². The molecule has 0 aliphatic heterocycles. The van der Waals surface area contributed by atoms with Crippen molar-refractivity contribution in [2.24, 2.45) is 17.3 Å². The molecule has 1 aromatic heterocycles. The van der Waals surface area contributed by atoms with E-state index in [4.69, 9.17) is 9.47 Å². The third-order valence-electron chi connectivity index (χ3n) is 7.89. The van der Waals surface area contributed by atoms with Gasteiger partial charge in [-0.1, -0.05) is 18.2 Å². The topological polar surface area (TPSA) is 92.4 Å². The van der Waals surface area contributed by atoms with Crippen LogP contribution in [0.3, 0.4) is 0 Å². The second-order valence-corrected chi connectivity index (χ2v) is 11.3. The van der Waals surface area contributed by atoms with Crippen molar-refractivity contribution in [1.82, 2.24) is 4.98 Å². The van der Waals surface area contributed by atoms with Crippen molar-refractivity contribution in [3.05, 3.63) is 76.5 Å². The molecule has 1 saturated carbocycles. The first-order valence-electron chi connectivity index (χ1n) is 13.3. The lowest BCUT2D eigenvalue weighted by molar-refractivity contribution is -0.139. The fourth-order valence-electron chi connectivity index (χ4n) is 5.88. The highest BCUT2D eigenvalue weighted by molar-refractivity contribution is 5.77. The van der Waals surface area contributed by atoms with Gasteiger partial charge in [0.25, 0.3) is 0 Å². The molecule has 2 aliphatic rings. The summed E-state index contributed by atoms with van der Waals surface area (Å²) in [5.41, 5.74) is 7.58. The van der Waals surface area contributed by atoms with Crippen molar-refractivity contribution in [3.63, 3.8) is 0 Å². The number of nitrogens with zero attached hydrogens (tertiary/aromatic N) is 2. The summed E-state index contributed by atoms with van der Waals surface area (Å²) < 4.78 is 12.0. The number of aromatic nitrogens is 1. The Labute approximate surface area is 224 Å². The van der Waals surface area contributed by atoms with E-state index >= 15 is 0 Å². The molecule has 0 bridgehead atoms. The summed E-state index contributed by atoms with van der Waals surface area (Å²) in [4.78, 5) is 15.8. The number of ether oxygens (including phenoxy) is 2. The predicted molar refractivity (Wildman–Crippen MR) is 145 cm³/mol. The van der Waals surface area contributed by atoms with Crippen molar-refractivity contribution in [2.45, 2.75) is 59.5 Å². The standard InChI is InChI=1S/C32H34N2O4/c1-19-11-24(37-10-6-9-32(3,4)18-33)12-20(2)28(19)22-8-5-7-21(13-22)17-38-27-15-23-14-25-29(26(23)16-34-27)30(25)31(35)36/h5,7-8,11-13,15-16,25,29-30H,6,9-10,14,17H2,1-4H3,(H,35,36). The third-order valence-corrected chi connectivity index (χ3v) is 7.89. The summed E-state index contributed by atoms with van der Waals surface area (Å²) in [5.74, 6) is 0.833. The molecule has 0 amide bonds. The van der Waals surface area contributed by atoms with Gasteiger partial charge in [0.1, 0.15) is 12.4 Å². The molecule has 3 unspecified atom stereocenters. The first-order valence-corrected chi connectivity index (χ1v) is 13.3. The Hall–Kier alpha value is -3.85. The van der Waals surface area contributed by atoms with Crippen LogP contribution in [-0.2, 0) is 17.8 Å². The molecule has 1 N–H and O–H groups in total. The van der Waals surface area contributed by atoms with E-state index in [1.807, 2.05) is 32.0 Å². The van der Waals surface area contributed by atoms with Crippen molar-refractivity contribution < 1.29 is 19.4 Å². The Morgan fingerprint density at radius 1 is 1.16 bits per heavy atom. The molecule has 1 fully saturated rings. The van der Waals surface area contributed by atoms with E-state index in [1.165, 1.54) is 11.1 Å². The molecule has 0 radical (unpaired) electrons. The van der Waals surface area contributed by atoms with Crippen molar-refractivity contribution >= 4 is 5.97 Å². The van der Waals surface area contributed by atoms with Crippen molar-refractivity contribution in [1.29, 1.82) is 5.26 Å². The number of hydrogen-bond acceptors (Lipinski definition) is 5. The lowest BCUT2D eigenvalue weighted by Crippen LogP contribution is -2.10. The molecule has 5 rings (SSSR count). The largest absolute Gasteiger partial charge is 0.494 e. The number of aliphatic carboxylic acids is 1. The van der Waals surface area contributed by atoms with Crippen LogP contribution >= 0.6 is 0 Å². The van der Waals surface area contributed by atoms with Crippen LogP contribution in [-0.4, -0.2) is 22.7 Å². The Morgan fingerprint density at radius 3 is 2.63 bits per heavy atom. The monoisotopic (exact) mass is 510 g/mol. The maximum atomic E-state index is 11.3. The van der Waals surface area contributed by atoms with Crippen LogP contribution in [0.5, 0.6) is 11.6 Å². The van der Waals surface area contributed by atoms with Gasteiger partial charge in [-0.3, -0.25) is 4.79 Å². The highest BCUT2D eigenvalue weighted by Gasteiger charge is 2.59. The van der Waals surface area contributed by atoms with Crippen LogP contribution in [0.1, 0.15) is 60.4 Å². The average molecular weight is 511 g/mol. The van der Waals surface area contributed by atoms with Gasteiger partial charge in [0.05, 0.1) is 24.0 Å². The van der Waals surface area contributed by atoms with Crippen molar-refractivity contribution in [2.75, 3.05) is 6.61 Å². The fourth-order valence-corrected chi connectivity index (χ4v) is 5.88. The number of carboxylic acid groups (broad SMARTS) is 1. The predicted octanol–water partition coefficient (Wildman–Crippen LogP) is 6.62. The zero-order chi connectivity index (χ0) is 27.0. The van der Waals surface area contributed by atoms with Gasteiger partial charge in [-0.25, -0.2) is 4.98 Å². The second-order valence-electron chi connectivity index (χ2n) is 11.3. The molecule has 6 nitrogen and oxygen atoms in total. The zero-order valence-corrected chi connectivity index (χ0v) is 22.5. The van der Waals surface area contributed by atoms with E-state index in [2.05, 4.69) is 49.2 Å². The van der Waals surface area contributed by atoms with Crippen LogP contribution < -0.4 is 9.47 Å². The third kappa shape index (κ3) is 5.24. The van der Waals surface area contributed by atoms with Crippen molar-refractivity contribution in [3.8, 4) is 28.8 Å². The Bertz CT molecular complexity index is 1400. The summed E-state index contributed by atoms with van der Waals surface area (Å²) in [7, 11) is 0. The highest BCUT2D eigenvalue weighted by Crippen LogP contribution is 2.61. The van der Waals surface area contributed by atoms with Gasteiger partial charge in [-0.15, -0.1) is 0 Å². The summed E-state index contributed by atoms with van der Waals surface area (Å²) >= 11 is 0. The summed E-state index contributed by atoms with van der Waals surface area (Å²) in [6, 6.07) is 16.8. The normalized spacial score (nSPS) is 19.3. The number of fused-ring (bicyclic) bond motifs is 3. The number of nitriles is 1. The number of benzene rings is 2. The van der Waals surface area contributed by atoms with Crippen LogP contribution in [0, 0.1) is 42.4 Å². The first-order chi connectivity index (χ1) is 18.2. The van der Waals surface area contributed by atoms with E-state index in [0.29, 0.717) is 19.1 Å². The van der Waals surface area contributed by atoms with E-state index < -0.39 is 5.97 Å². The van der Waals surface area contributed by atoms with Crippen LogP contribution in [0.4, 0.5) is 0 Å². The molecule has 2 aromatic carbocycles. The first kappa shape index (κ1) is 25.8. The number of carboxylic acids is 1. The smallest absolute Gasteiger partial charge is 0.307 e. The second kappa shape index (κ2) is 10.1. The van der Waals surface area contributed by atoms with Gasteiger partial charge < -0.3 is 14.6 Å². The minimum Gasteiger partial charge on any atom is -0.494 e. The van der Waals surface area contributed by atoms with Gasteiger partial charge in [0.15, 0.2) is 0 Å². The molecule has 0 saturated heterocycles. The number of rotatable bonds is 10. The zero-order valence-electron chi connectivity index (χ0n) is 22.5. The summed E-state index contributed by atoms with van der Waals surface area (Å²) in [6.07, 6.45) is 4.24. The quantitative estimate of drug-likeness (QED) is 0.308. The highest BCUT2D eigenvalue weighted by atomic mass is 16.5. The van der Waals surface area contributed by atoms with Gasteiger partial charge in [-0.05, 0) is 110 Å². The maximum Gasteiger partial charge on any atom is 0.307 e. The van der Waals surface area contributed by atoms with E-state index in [9.17, 15) is 15.2 Å².